The Morgan fingerprint density at radius 1 is 1.10 bits per heavy atom. The van der Waals surface area contributed by atoms with Gasteiger partial charge in [0.1, 0.15) is 0 Å². The van der Waals surface area contributed by atoms with Gasteiger partial charge in [0.15, 0.2) is 0 Å². The molecule has 58 valence electrons. The van der Waals surface area contributed by atoms with Crippen LogP contribution in [0.4, 0.5) is 0 Å². The SMILES string of the molecule is OC1CCCN2CCC[C@@H]12. The van der Waals surface area contributed by atoms with Gasteiger partial charge in [0.25, 0.3) is 0 Å². The second-order valence-corrected chi connectivity index (χ2v) is 3.46. The minimum absolute atomic E-state index is 0.0174. The lowest BCUT2D eigenvalue weighted by Crippen LogP contribution is -2.43. The van der Waals surface area contributed by atoms with Crippen LogP contribution in [-0.2, 0) is 0 Å². The minimum atomic E-state index is -0.0174. The molecule has 0 radical (unpaired) electrons. The molecule has 10 heavy (non-hydrogen) atoms. The topological polar surface area (TPSA) is 23.5 Å². The van der Waals surface area contributed by atoms with Crippen molar-refractivity contribution in [2.24, 2.45) is 0 Å². The van der Waals surface area contributed by atoms with Gasteiger partial charge in [-0.2, -0.15) is 0 Å². The summed E-state index contributed by atoms with van der Waals surface area (Å²) in [7, 11) is 0. The van der Waals surface area contributed by atoms with Crippen LogP contribution in [0.1, 0.15) is 25.7 Å². The first-order chi connectivity index (χ1) is 4.88. The van der Waals surface area contributed by atoms with E-state index in [9.17, 15) is 5.11 Å². The standard InChI is InChI=1S/C8H15NO/c10-8-4-2-6-9-5-1-3-7(8)9/h7-8,10H,1-6H2/t7-,8?/m0/s1. The van der Waals surface area contributed by atoms with Crippen LogP contribution in [0, 0.1) is 0 Å². The molecule has 2 atom stereocenters. The molecule has 2 heteroatoms. The second-order valence-electron chi connectivity index (χ2n) is 3.46. The van der Waals surface area contributed by atoms with E-state index < -0.39 is 0 Å². The highest BCUT2D eigenvalue weighted by molar-refractivity contribution is 4.88. The maximum absolute atomic E-state index is 9.54. The summed E-state index contributed by atoms with van der Waals surface area (Å²) in [5.74, 6) is 0. The van der Waals surface area contributed by atoms with E-state index in [2.05, 4.69) is 4.90 Å². The lowest BCUT2D eigenvalue weighted by atomic mass is 10.00. The Hall–Kier alpha value is -0.0800. The Morgan fingerprint density at radius 3 is 2.50 bits per heavy atom. The van der Waals surface area contributed by atoms with Gasteiger partial charge < -0.3 is 5.11 Å². The van der Waals surface area contributed by atoms with Gasteiger partial charge in [-0.25, -0.2) is 0 Å². The molecule has 0 spiro atoms. The van der Waals surface area contributed by atoms with Crippen molar-refractivity contribution in [3.05, 3.63) is 0 Å². The van der Waals surface area contributed by atoms with Gasteiger partial charge in [-0.15, -0.1) is 0 Å². The molecule has 2 aliphatic heterocycles. The van der Waals surface area contributed by atoms with Crippen LogP contribution >= 0.6 is 0 Å². The van der Waals surface area contributed by atoms with E-state index in [4.69, 9.17) is 0 Å². The van der Waals surface area contributed by atoms with Gasteiger partial charge in [-0.1, -0.05) is 0 Å². The molecule has 2 nitrogen and oxygen atoms in total. The molecule has 2 heterocycles. The van der Waals surface area contributed by atoms with E-state index in [1.54, 1.807) is 0 Å². The predicted octanol–water partition coefficient (Wildman–Crippen LogP) is 0.605. The van der Waals surface area contributed by atoms with E-state index in [-0.39, 0.29) is 6.10 Å². The molecule has 2 aliphatic rings. The number of hydrogen-bond acceptors (Lipinski definition) is 2. The molecule has 2 saturated heterocycles. The number of nitrogens with zero attached hydrogens (tertiary/aromatic N) is 1. The lowest BCUT2D eigenvalue weighted by Gasteiger charge is -2.33. The molecule has 0 aromatic heterocycles. The minimum Gasteiger partial charge on any atom is -0.391 e. The maximum Gasteiger partial charge on any atom is 0.0695 e. The van der Waals surface area contributed by atoms with Crippen molar-refractivity contribution in [2.45, 2.75) is 37.8 Å². The summed E-state index contributed by atoms with van der Waals surface area (Å²) < 4.78 is 0. The monoisotopic (exact) mass is 141 g/mol. The molecule has 2 fully saturated rings. The summed E-state index contributed by atoms with van der Waals surface area (Å²) in [4.78, 5) is 2.44. The van der Waals surface area contributed by atoms with Gasteiger partial charge in [0.2, 0.25) is 0 Å². The molecule has 0 aromatic carbocycles. The van der Waals surface area contributed by atoms with Gasteiger partial charge in [-0.05, 0) is 38.8 Å². The smallest absolute Gasteiger partial charge is 0.0695 e. The molecular weight excluding hydrogens is 126 g/mol. The zero-order valence-corrected chi connectivity index (χ0v) is 6.29. The fraction of sp³-hybridized carbons (Fsp3) is 1.00. The second kappa shape index (κ2) is 2.51. The number of piperidine rings is 1. The Bertz CT molecular complexity index is 126. The van der Waals surface area contributed by atoms with Crippen molar-refractivity contribution in [2.75, 3.05) is 13.1 Å². The molecular formula is C8H15NO. The third-order valence-electron chi connectivity index (χ3n) is 2.80. The first kappa shape index (κ1) is 6.62. The van der Waals surface area contributed by atoms with Gasteiger partial charge in [0, 0.05) is 6.04 Å². The Balaban J connectivity index is 2.03. The van der Waals surface area contributed by atoms with E-state index in [1.807, 2.05) is 0 Å². The highest BCUT2D eigenvalue weighted by Crippen LogP contribution is 2.26. The Morgan fingerprint density at radius 2 is 1.80 bits per heavy atom. The van der Waals surface area contributed by atoms with Crippen LogP contribution in [0.5, 0.6) is 0 Å². The third kappa shape index (κ3) is 0.956. The average molecular weight is 141 g/mol. The molecule has 1 unspecified atom stereocenters. The van der Waals surface area contributed by atoms with Gasteiger partial charge in [0.05, 0.1) is 6.10 Å². The predicted molar refractivity (Wildman–Crippen MR) is 39.8 cm³/mol. The summed E-state index contributed by atoms with van der Waals surface area (Å²) in [6.45, 7) is 2.45. The normalized spacial score (nSPS) is 41.7. The lowest BCUT2D eigenvalue weighted by molar-refractivity contribution is 0.0344. The van der Waals surface area contributed by atoms with Crippen molar-refractivity contribution in [3.63, 3.8) is 0 Å². The first-order valence-electron chi connectivity index (χ1n) is 4.30. The summed E-state index contributed by atoms with van der Waals surface area (Å²) in [6.07, 6.45) is 4.72. The highest BCUT2D eigenvalue weighted by atomic mass is 16.3. The number of hydrogen-bond donors (Lipinski definition) is 1. The summed E-state index contributed by atoms with van der Waals surface area (Å²) in [5.41, 5.74) is 0. The van der Waals surface area contributed by atoms with Crippen molar-refractivity contribution in [1.29, 1.82) is 0 Å². The third-order valence-corrected chi connectivity index (χ3v) is 2.80. The fourth-order valence-corrected chi connectivity index (χ4v) is 2.26. The number of aliphatic hydroxyl groups excluding tert-OH is 1. The van der Waals surface area contributed by atoms with Crippen molar-refractivity contribution >= 4 is 0 Å². The molecule has 0 aromatic rings. The average Bonchev–Trinajstić information content (AvgIpc) is 2.36. The van der Waals surface area contributed by atoms with Gasteiger partial charge >= 0.3 is 0 Å². The molecule has 0 saturated carbocycles. The van der Waals surface area contributed by atoms with E-state index in [0.29, 0.717) is 6.04 Å². The van der Waals surface area contributed by atoms with Crippen LogP contribution in [0.2, 0.25) is 0 Å². The number of rotatable bonds is 0. The molecule has 1 N–H and O–H groups in total. The quantitative estimate of drug-likeness (QED) is 0.534. The Labute approximate surface area is 61.8 Å². The van der Waals surface area contributed by atoms with Crippen LogP contribution < -0.4 is 0 Å². The van der Waals surface area contributed by atoms with Gasteiger partial charge in [-0.3, -0.25) is 4.90 Å². The van der Waals surface area contributed by atoms with Crippen molar-refractivity contribution in [1.82, 2.24) is 4.90 Å². The van der Waals surface area contributed by atoms with E-state index in [0.717, 1.165) is 6.42 Å². The largest absolute Gasteiger partial charge is 0.391 e. The summed E-state index contributed by atoms with van der Waals surface area (Å²) in [5, 5.41) is 9.54. The van der Waals surface area contributed by atoms with Crippen LogP contribution in [0.15, 0.2) is 0 Å². The van der Waals surface area contributed by atoms with Crippen LogP contribution in [0.25, 0.3) is 0 Å². The molecule has 2 rings (SSSR count). The first-order valence-corrected chi connectivity index (χ1v) is 4.30. The van der Waals surface area contributed by atoms with Crippen LogP contribution in [-0.4, -0.2) is 35.2 Å². The molecule has 0 aliphatic carbocycles. The summed E-state index contributed by atoms with van der Waals surface area (Å²) in [6, 6.07) is 0.522. The molecule has 0 amide bonds. The zero-order chi connectivity index (χ0) is 6.97. The zero-order valence-electron chi connectivity index (χ0n) is 6.29. The number of aliphatic hydroxyl groups is 1. The van der Waals surface area contributed by atoms with Crippen molar-refractivity contribution in [3.8, 4) is 0 Å². The summed E-state index contributed by atoms with van der Waals surface area (Å²) >= 11 is 0. The molecule has 0 bridgehead atoms. The maximum atomic E-state index is 9.54. The van der Waals surface area contributed by atoms with Crippen molar-refractivity contribution < 1.29 is 5.11 Å². The van der Waals surface area contributed by atoms with E-state index >= 15 is 0 Å². The van der Waals surface area contributed by atoms with Crippen LogP contribution in [0.3, 0.4) is 0 Å². The fourth-order valence-electron chi connectivity index (χ4n) is 2.26. The highest BCUT2D eigenvalue weighted by Gasteiger charge is 2.32. The van der Waals surface area contributed by atoms with E-state index in [1.165, 1.54) is 32.4 Å². The Kier molecular flexibility index (Phi) is 1.66. The number of fused-ring (bicyclic) bond motifs is 1.